The molecule has 0 bridgehead atoms. The molecule has 2 amide bonds. The average Bonchev–Trinajstić information content (AvgIpc) is 2.42. The number of morpholine rings is 1. The Morgan fingerprint density at radius 1 is 1.25 bits per heavy atom. The fourth-order valence-corrected chi connectivity index (χ4v) is 1.88. The number of amides is 2. The molecule has 2 N–H and O–H groups in total. The van der Waals surface area contributed by atoms with E-state index >= 15 is 0 Å². The van der Waals surface area contributed by atoms with Gasteiger partial charge in [-0.05, 0) is 24.3 Å². The van der Waals surface area contributed by atoms with Gasteiger partial charge in [-0.25, -0.2) is 0 Å². The van der Waals surface area contributed by atoms with Crippen molar-refractivity contribution in [2.45, 2.75) is 0 Å². The normalized spacial score (nSPS) is 15.3. The summed E-state index contributed by atoms with van der Waals surface area (Å²) in [7, 11) is 0. The van der Waals surface area contributed by atoms with Crippen molar-refractivity contribution < 1.29 is 19.1 Å². The van der Waals surface area contributed by atoms with Gasteiger partial charge < -0.3 is 15.2 Å². The summed E-state index contributed by atoms with van der Waals surface area (Å²) < 4.78 is 10.3. The standard InChI is InChI=1S/C13H14N2O4S/c14-13(20)9-1-3-10(4-2-9)19-6-5-15-11(16)7-18-8-12(15)17/h1-4H,5-8H2,(H2,14,20). The number of benzene rings is 1. The number of hydrogen-bond acceptors (Lipinski definition) is 5. The van der Waals surface area contributed by atoms with E-state index in [4.69, 9.17) is 27.4 Å². The summed E-state index contributed by atoms with van der Waals surface area (Å²) in [4.78, 5) is 24.4. The number of nitrogens with zero attached hydrogens (tertiary/aromatic N) is 1. The van der Waals surface area contributed by atoms with Crippen LogP contribution in [0.15, 0.2) is 24.3 Å². The molecule has 1 aliphatic rings. The lowest BCUT2D eigenvalue weighted by atomic mass is 10.2. The molecule has 106 valence electrons. The molecule has 0 aromatic heterocycles. The molecule has 0 spiro atoms. The van der Waals surface area contributed by atoms with E-state index in [1.807, 2.05) is 0 Å². The Morgan fingerprint density at radius 2 is 1.85 bits per heavy atom. The number of carbonyl (C=O) groups is 2. The van der Waals surface area contributed by atoms with Crippen molar-refractivity contribution in [2.24, 2.45) is 5.73 Å². The first-order valence-corrected chi connectivity index (χ1v) is 6.42. The second-order valence-corrected chi connectivity index (χ2v) is 4.61. The van der Waals surface area contributed by atoms with Crippen LogP contribution in [0.3, 0.4) is 0 Å². The molecule has 0 atom stereocenters. The van der Waals surface area contributed by atoms with Crippen LogP contribution in [0.25, 0.3) is 0 Å². The number of imide groups is 1. The van der Waals surface area contributed by atoms with Crippen LogP contribution in [0.1, 0.15) is 5.56 Å². The van der Waals surface area contributed by atoms with Crippen LogP contribution in [0, 0.1) is 0 Å². The molecule has 0 radical (unpaired) electrons. The van der Waals surface area contributed by atoms with Crippen molar-refractivity contribution >= 4 is 29.0 Å². The van der Waals surface area contributed by atoms with Crippen LogP contribution >= 0.6 is 12.2 Å². The molecule has 1 aromatic carbocycles. The Hall–Kier alpha value is -1.99. The SMILES string of the molecule is NC(=S)c1ccc(OCCN2C(=O)COCC2=O)cc1. The van der Waals surface area contributed by atoms with Gasteiger partial charge in [-0.3, -0.25) is 14.5 Å². The predicted molar refractivity (Wildman–Crippen MR) is 75.4 cm³/mol. The second kappa shape index (κ2) is 6.44. The third-order valence-corrected chi connectivity index (χ3v) is 3.01. The van der Waals surface area contributed by atoms with Crippen molar-refractivity contribution in [3.63, 3.8) is 0 Å². The molecule has 1 fully saturated rings. The van der Waals surface area contributed by atoms with E-state index in [0.29, 0.717) is 10.7 Å². The lowest BCUT2D eigenvalue weighted by Gasteiger charge is -2.24. The fraction of sp³-hybridized carbons (Fsp3) is 0.308. The molecule has 0 aliphatic carbocycles. The highest BCUT2D eigenvalue weighted by Crippen LogP contribution is 2.12. The van der Waals surface area contributed by atoms with Gasteiger partial charge in [0.05, 0.1) is 6.54 Å². The third-order valence-electron chi connectivity index (χ3n) is 2.78. The summed E-state index contributed by atoms with van der Waals surface area (Å²) in [5.41, 5.74) is 6.24. The molecular formula is C13H14N2O4S. The Balaban J connectivity index is 1.84. The molecule has 1 aliphatic heterocycles. The second-order valence-electron chi connectivity index (χ2n) is 4.17. The fourth-order valence-electron chi connectivity index (χ4n) is 1.74. The minimum absolute atomic E-state index is 0.0611. The monoisotopic (exact) mass is 294 g/mol. The van der Waals surface area contributed by atoms with Gasteiger partial charge in [0.15, 0.2) is 0 Å². The van der Waals surface area contributed by atoms with Gasteiger partial charge in [-0.1, -0.05) is 12.2 Å². The summed E-state index contributed by atoms with van der Waals surface area (Å²) in [6.07, 6.45) is 0. The molecule has 7 heteroatoms. The zero-order valence-electron chi connectivity index (χ0n) is 10.7. The van der Waals surface area contributed by atoms with Crippen LogP contribution in [-0.4, -0.2) is 48.1 Å². The van der Waals surface area contributed by atoms with Gasteiger partial charge in [-0.2, -0.15) is 0 Å². The highest BCUT2D eigenvalue weighted by molar-refractivity contribution is 7.80. The van der Waals surface area contributed by atoms with Gasteiger partial charge in [0, 0.05) is 5.56 Å². The maximum absolute atomic E-state index is 11.5. The van der Waals surface area contributed by atoms with Crippen molar-refractivity contribution in [3.8, 4) is 5.75 Å². The molecule has 0 unspecified atom stereocenters. The van der Waals surface area contributed by atoms with E-state index in [9.17, 15) is 9.59 Å². The van der Waals surface area contributed by atoms with E-state index in [-0.39, 0.29) is 38.2 Å². The summed E-state index contributed by atoms with van der Waals surface area (Å²) in [6.45, 7) is 0.310. The van der Waals surface area contributed by atoms with E-state index < -0.39 is 0 Å². The number of thiocarbonyl (C=S) groups is 1. The molecule has 20 heavy (non-hydrogen) atoms. The summed E-state index contributed by atoms with van der Waals surface area (Å²) in [5.74, 6) is -0.0551. The Kier molecular flexibility index (Phi) is 4.65. The molecule has 1 aromatic rings. The smallest absolute Gasteiger partial charge is 0.255 e. The number of ether oxygens (including phenoxy) is 2. The average molecular weight is 294 g/mol. The number of hydrogen-bond donors (Lipinski definition) is 1. The lowest BCUT2D eigenvalue weighted by molar-refractivity contribution is -0.158. The molecule has 0 saturated carbocycles. The third kappa shape index (κ3) is 3.52. The number of carbonyl (C=O) groups excluding carboxylic acids is 2. The first-order chi connectivity index (χ1) is 9.58. The topological polar surface area (TPSA) is 81.9 Å². The Morgan fingerprint density at radius 3 is 2.40 bits per heavy atom. The van der Waals surface area contributed by atoms with Crippen molar-refractivity contribution in [3.05, 3.63) is 29.8 Å². The number of nitrogens with two attached hydrogens (primary N) is 1. The predicted octanol–water partition coefficient (Wildman–Crippen LogP) is 0.0850. The van der Waals surface area contributed by atoms with Crippen molar-refractivity contribution in [1.29, 1.82) is 0 Å². The molecular weight excluding hydrogens is 280 g/mol. The van der Waals surface area contributed by atoms with Gasteiger partial charge in [0.25, 0.3) is 11.8 Å². The zero-order chi connectivity index (χ0) is 14.5. The maximum atomic E-state index is 11.5. The summed E-state index contributed by atoms with van der Waals surface area (Å²) in [5, 5.41) is 0. The zero-order valence-corrected chi connectivity index (χ0v) is 11.5. The van der Waals surface area contributed by atoms with Crippen LogP contribution in [0.4, 0.5) is 0 Å². The van der Waals surface area contributed by atoms with Gasteiger partial charge in [0.1, 0.15) is 30.6 Å². The van der Waals surface area contributed by atoms with Crippen LogP contribution in [0.5, 0.6) is 5.75 Å². The van der Waals surface area contributed by atoms with Crippen LogP contribution in [-0.2, 0) is 14.3 Å². The highest BCUT2D eigenvalue weighted by Gasteiger charge is 2.26. The minimum Gasteiger partial charge on any atom is -0.492 e. The molecule has 6 nitrogen and oxygen atoms in total. The first kappa shape index (κ1) is 14.4. The Bertz CT molecular complexity index is 514. The van der Waals surface area contributed by atoms with Crippen LogP contribution in [0.2, 0.25) is 0 Å². The lowest BCUT2D eigenvalue weighted by Crippen LogP contribution is -2.47. The molecule has 2 rings (SSSR count). The van der Waals surface area contributed by atoms with E-state index in [1.54, 1.807) is 24.3 Å². The maximum Gasteiger partial charge on any atom is 0.255 e. The van der Waals surface area contributed by atoms with Gasteiger partial charge in [-0.15, -0.1) is 0 Å². The summed E-state index contributed by atoms with van der Waals surface area (Å²) >= 11 is 4.85. The van der Waals surface area contributed by atoms with E-state index in [1.165, 1.54) is 0 Å². The van der Waals surface area contributed by atoms with Gasteiger partial charge in [0.2, 0.25) is 0 Å². The minimum atomic E-state index is -0.339. The van der Waals surface area contributed by atoms with Crippen molar-refractivity contribution in [2.75, 3.05) is 26.4 Å². The van der Waals surface area contributed by atoms with E-state index in [0.717, 1.165) is 10.5 Å². The molecule has 1 saturated heterocycles. The van der Waals surface area contributed by atoms with Crippen LogP contribution < -0.4 is 10.5 Å². The van der Waals surface area contributed by atoms with Crippen molar-refractivity contribution in [1.82, 2.24) is 4.90 Å². The first-order valence-electron chi connectivity index (χ1n) is 6.01. The quantitative estimate of drug-likeness (QED) is 0.612. The Labute approximate surface area is 121 Å². The van der Waals surface area contributed by atoms with Gasteiger partial charge >= 0.3 is 0 Å². The van der Waals surface area contributed by atoms with E-state index in [2.05, 4.69) is 0 Å². The largest absolute Gasteiger partial charge is 0.492 e. The highest BCUT2D eigenvalue weighted by atomic mass is 32.1. The summed E-state index contributed by atoms with van der Waals surface area (Å²) in [6, 6.07) is 6.97. The number of rotatable bonds is 5. The molecule has 1 heterocycles.